The lowest BCUT2D eigenvalue weighted by Gasteiger charge is -2.23. The molecule has 1 fully saturated rings. The van der Waals surface area contributed by atoms with Gasteiger partial charge in [-0.3, -0.25) is 9.78 Å². The Hall–Kier alpha value is -4.49. The molecule has 0 N–H and O–H groups in total. The molecule has 4 aromatic rings. The first-order valence-corrected chi connectivity index (χ1v) is 12.8. The summed E-state index contributed by atoms with van der Waals surface area (Å²) in [5.74, 6) is 0.781. The Morgan fingerprint density at radius 3 is 2.65 bits per heavy atom. The molecule has 5 rings (SSSR count). The lowest BCUT2D eigenvalue weighted by molar-refractivity contribution is 0.0254. The fourth-order valence-corrected chi connectivity index (χ4v) is 4.70. The van der Waals surface area contributed by atoms with E-state index < -0.39 is 18.9 Å². The number of rotatable bonds is 8. The number of nitriles is 1. The number of alkyl halides is 2. The van der Waals surface area contributed by atoms with Crippen molar-refractivity contribution in [1.29, 1.82) is 5.26 Å². The van der Waals surface area contributed by atoms with Crippen LogP contribution in [0.15, 0.2) is 59.1 Å². The minimum Gasteiger partial charge on any atom is -0.496 e. The number of hydrogen-bond acceptors (Lipinski definition) is 7. The first-order valence-electron chi connectivity index (χ1n) is 12.8. The van der Waals surface area contributed by atoms with Gasteiger partial charge in [-0.1, -0.05) is 6.07 Å². The van der Waals surface area contributed by atoms with Crippen LogP contribution in [-0.4, -0.2) is 62.2 Å². The van der Waals surface area contributed by atoms with E-state index in [1.54, 1.807) is 36.5 Å². The number of amides is 1. The Balaban J connectivity index is 1.47. The first-order chi connectivity index (χ1) is 19.4. The monoisotopic (exact) mass is 547 g/mol. The maximum atomic E-state index is 12.7. The van der Waals surface area contributed by atoms with Crippen molar-refractivity contribution >= 4 is 17.0 Å². The number of hydrogen-bond donors (Lipinski definition) is 0. The van der Waals surface area contributed by atoms with Gasteiger partial charge in [0.05, 0.1) is 38.0 Å². The Morgan fingerprint density at radius 2 is 1.93 bits per heavy atom. The molecule has 0 aliphatic carbocycles. The number of nitrogens with zero attached hydrogens (tertiary/aromatic N) is 3. The maximum absolute atomic E-state index is 12.7. The van der Waals surface area contributed by atoms with Crippen LogP contribution in [0, 0.1) is 11.3 Å². The molecular weight excluding hydrogens is 520 g/mol. The molecule has 10 heteroatoms. The summed E-state index contributed by atoms with van der Waals surface area (Å²) < 4.78 is 48.7. The van der Waals surface area contributed by atoms with Crippen LogP contribution < -0.4 is 9.47 Å². The van der Waals surface area contributed by atoms with Crippen LogP contribution in [0.2, 0.25) is 0 Å². The van der Waals surface area contributed by atoms with Crippen LogP contribution in [0.1, 0.15) is 28.8 Å². The van der Waals surface area contributed by atoms with Crippen molar-refractivity contribution in [3.8, 4) is 40.0 Å². The molecule has 2 aromatic carbocycles. The van der Waals surface area contributed by atoms with Gasteiger partial charge in [-0.15, -0.1) is 0 Å². The molecule has 40 heavy (non-hydrogen) atoms. The number of aromatic nitrogens is 1. The Morgan fingerprint density at radius 1 is 1.12 bits per heavy atom. The van der Waals surface area contributed by atoms with E-state index in [-0.39, 0.29) is 11.7 Å². The third-order valence-electron chi connectivity index (χ3n) is 6.76. The van der Waals surface area contributed by atoms with E-state index in [1.165, 1.54) is 20.2 Å². The number of benzene rings is 2. The lowest BCUT2D eigenvalue weighted by Crippen LogP contribution is -2.31. The molecule has 1 aliphatic rings. The Bertz CT molecular complexity index is 1570. The van der Waals surface area contributed by atoms with Gasteiger partial charge in [-0.05, 0) is 42.0 Å². The van der Waals surface area contributed by atoms with Crippen LogP contribution in [0.25, 0.3) is 33.6 Å². The predicted molar refractivity (Wildman–Crippen MR) is 144 cm³/mol. The average molecular weight is 548 g/mol. The van der Waals surface area contributed by atoms with Crippen molar-refractivity contribution < 1.29 is 32.2 Å². The number of ether oxygens (including phenoxy) is 3. The topological polar surface area (TPSA) is 97.8 Å². The highest BCUT2D eigenvalue weighted by Gasteiger charge is 2.21. The highest BCUT2D eigenvalue weighted by atomic mass is 19.3. The standard InChI is InChI=1S/C30H27F2N3O5/c1-35(17-28(31)32)30(36)19-3-5-23(26(14-19)37-2)27-15-24-29(40-27)22(7-10-34-24)18-4-6-25(20(13-18)16-33)39-21-8-11-38-12-9-21/h3-7,10,13-15,21,28H,8-9,11-12,17H2,1-2H3. The van der Waals surface area contributed by atoms with Gasteiger partial charge in [0.2, 0.25) is 0 Å². The zero-order valence-corrected chi connectivity index (χ0v) is 22.0. The molecule has 0 atom stereocenters. The van der Waals surface area contributed by atoms with Gasteiger partial charge in [0.15, 0.2) is 5.58 Å². The van der Waals surface area contributed by atoms with Crippen molar-refractivity contribution in [2.45, 2.75) is 25.4 Å². The van der Waals surface area contributed by atoms with Gasteiger partial charge >= 0.3 is 0 Å². The summed E-state index contributed by atoms with van der Waals surface area (Å²) >= 11 is 0. The van der Waals surface area contributed by atoms with Gasteiger partial charge in [0.25, 0.3) is 12.3 Å². The second-order valence-corrected chi connectivity index (χ2v) is 9.43. The van der Waals surface area contributed by atoms with E-state index in [9.17, 15) is 18.8 Å². The lowest BCUT2D eigenvalue weighted by atomic mass is 10.0. The second kappa shape index (κ2) is 11.7. The van der Waals surface area contributed by atoms with Crippen LogP contribution in [0.4, 0.5) is 8.78 Å². The van der Waals surface area contributed by atoms with Crippen molar-refractivity contribution in [3.05, 3.63) is 65.9 Å². The SMILES string of the molecule is COc1cc(C(=O)N(C)CC(F)F)ccc1-c1cc2nccc(-c3ccc(OC4CCOCC4)c(C#N)c3)c2o1. The highest BCUT2D eigenvalue weighted by molar-refractivity contribution is 5.96. The molecule has 3 heterocycles. The summed E-state index contributed by atoms with van der Waals surface area (Å²) in [6, 6.07) is 15.9. The largest absolute Gasteiger partial charge is 0.496 e. The van der Waals surface area contributed by atoms with Crippen molar-refractivity contribution in [2.24, 2.45) is 0 Å². The third kappa shape index (κ3) is 5.60. The third-order valence-corrected chi connectivity index (χ3v) is 6.76. The van der Waals surface area contributed by atoms with E-state index in [2.05, 4.69) is 11.1 Å². The van der Waals surface area contributed by atoms with Crippen molar-refractivity contribution in [3.63, 3.8) is 0 Å². The second-order valence-electron chi connectivity index (χ2n) is 9.43. The van der Waals surface area contributed by atoms with E-state index in [0.717, 1.165) is 28.9 Å². The predicted octanol–water partition coefficient (Wildman–Crippen LogP) is 5.94. The summed E-state index contributed by atoms with van der Waals surface area (Å²) in [5.41, 5.74) is 3.80. The smallest absolute Gasteiger partial charge is 0.255 e. The van der Waals surface area contributed by atoms with E-state index in [0.29, 0.717) is 52.7 Å². The normalized spacial score (nSPS) is 13.8. The zero-order valence-electron chi connectivity index (χ0n) is 22.0. The number of fused-ring (bicyclic) bond motifs is 1. The molecule has 0 bridgehead atoms. The number of carbonyl (C=O) groups is 1. The fraction of sp³-hybridized carbons (Fsp3) is 0.300. The van der Waals surface area contributed by atoms with Crippen molar-refractivity contribution in [1.82, 2.24) is 9.88 Å². The average Bonchev–Trinajstić information content (AvgIpc) is 3.41. The number of methoxy groups -OCH3 is 1. The molecule has 8 nitrogen and oxygen atoms in total. The van der Waals surface area contributed by atoms with Crippen LogP contribution in [0.5, 0.6) is 11.5 Å². The molecule has 206 valence electrons. The van der Waals surface area contributed by atoms with Gasteiger partial charge in [0.1, 0.15) is 34.9 Å². The molecule has 0 saturated carbocycles. The van der Waals surface area contributed by atoms with E-state index >= 15 is 0 Å². The molecule has 0 spiro atoms. The molecule has 0 radical (unpaired) electrons. The minimum absolute atomic E-state index is 0.00771. The first kappa shape index (κ1) is 27.1. The Labute approximate surface area is 229 Å². The molecule has 0 unspecified atom stereocenters. The number of furan rings is 1. The summed E-state index contributed by atoms with van der Waals surface area (Å²) in [5, 5.41) is 9.81. The quantitative estimate of drug-likeness (QED) is 0.269. The van der Waals surface area contributed by atoms with Gasteiger partial charge in [-0.25, -0.2) is 8.78 Å². The summed E-state index contributed by atoms with van der Waals surface area (Å²) in [4.78, 5) is 18.0. The van der Waals surface area contributed by atoms with Gasteiger partial charge in [-0.2, -0.15) is 5.26 Å². The molecule has 1 saturated heterocycles. The summed E-state index contributed by atoms with van der Waals surface area (Å²) in [6.07, 6.45) is 0.587. The van der Waals surface area contributed by atoms with Gasteiger partial charge < -0.3 is 23.5 Å². The number of pyridine rings is 1. The molecule has 1 amide bonds. The van der Waals surface area contributed by atoms with E-state index in [4.69, 9.17) is 18.6 Å². The van der Waals surface area contributed by atoms with Crippen LogP contribution >= 0.6 is 0 Å². The summed E-state index contributed by atoms with van der Waals surface area (Å²) in [6.45, 7) is 0.608. The summed E-state index contributed by atoms with van der Waals surface area (Å²) in [7, 11) is 2.78. The van der Waals surface area contributed by atoms with Gasteiger partial charge in [0, 0.05) is 43.3 Å². The van der Waals surface area contributed by atoms with Crippen molar-refractivity contribution in [2.75, 3.05) is 33.9 Å². The molecular formula is C30H27F2N3O5. The minimum atomic E-state index is -2.63. The number of halogens is 2. The van der Waals surface area contributed by atoms with Crippen LogP contribution in [0.3, 0.4) is 0 Å². The number of carbonyl (C=O) groups excluding carboxylic acids is 1. The fourth-order valence-electron chi connectivity index (χ4n) is 4.70. The van der Waals surface area contributed by atoms with Crippen LogP contribution in [-0.2, 0) is 4.74 Å². The molecule has 1 aliphatic heterocycles. The highest BCUT2D eigenvalue weighted by Crippen LogP contribution is 2.38. The maximum Gasteiger partial charge on any atom is 0.255 e. The zero-order chi connectivity index (χ0) is 28.2. The van der Waals surface area contributed by atoms with E-state index in [1.807, 2.05) is 12.1 Å². The Kier molecular flexibility index (Phi) is 7.94. The molecule has 2 aromatic heterocycles.